The van der Waals surface area contributed by atoms with E-state index in [9.17, 15) is 14.7 Å². The molecule has 0 radical (unpaired) electrons. The van der Waals surface area contributed by atoms with Gasteiger partial charge in [-0.3, -0.25) is 0 Å². The van der Waals surface area contributed by atoms with Gasteiger partial charge in [-0.05, 0) is 20.8 Å². The normalized spacial score (nSPS) is 14.1. The van der Waals surface area contributed by atoms with Crippen molar-refractivity contribution in [3.63, 3.8) is 0 Å². The Balaban J connectivity index is 4.83. The molecule has 5 nitrogen and oxygen atoms in total. The third kappa shape index (κ3) is 4.73. The lowest BCUT2D eigenvalue weighted by Gasteiger charge is -2.36. The van der Waals surface area contributed by atoms with Gasteiger partial charge in [0.05, 0.1) is 12.6 Å². The van der Waals surface area contributed by atoms with E-state index in [0.717, 1.165) is 0 Å². The largest absolute Gasteiger partial charge is 0.444 e. The summed E-state index contributed by atoms with van der Waals surface area (Å²) in [6.45, 7) is 8.51. The summed E-state index contributed by atoms with van der Waals surface area (Å²) >= 11 is 0. The van der Waals surface area contributed by atoms with Crippen molar-refractivity contribution in [2.24, 2.45) is 5.41 Å². The van der Waals surface area contributed by atoms with Crippen molar-refractivity contribution in [2.45, 2.75) is 46.3 Å². The SMILES string of the molecule is CN(C(=O)OC(C)(C)C)C(C=O)C(C)(C)CO. The first-order valence-electron chi connectivity index (χ1n) is 5.57. The van der Waals surface area contributed by atoms with Gasteiger partial charge >= 0.3 is 6.09 Å². The highest BCUT2D eigenvalue weighted by Crippen LogP contribution is 2.23. The van der Waals surface area contributed by atoms with Crippen molar-refractivity contribution in [2.75, 3.05) is 13.7 Å². The standard InChI is InChI=1S/C12H23NO4/c1-11(2,3)17-10(16)13(6)9(7-14)12(4,5)8-15/h7,9,15H,8H2,1-6H3. The molecule has 0 aromatic carbocycles. The van der Waals surface area contributed by atoms with Crippen LogP contribution in [-0.4, -0.2) is 47.7 Å². The van der Waals surface area contributed by atoms with Gasteiger partial charge < -0.3 is 19.5 Å². The van der Waals surface area contributed by atoms with Crippen LogP contribution in [0.1, 0.15) is 34.6 Å². The minimum atomic E-state index is -0.720. The fourth-order valence-corrected chi connectivity index (χ4v) is 1.34. The Bertz CT molecular complexity index is 281. The number of aldehydes is 1. The summed E-state index contributed by atoms with van der Waals surface area (Å²) in [5.74, 6) is 0. The Morgan fingerprint density at radius 1 is 1.35 bits per heavy atom. The summed E-state index contributed by atoms with van der Waals surface area (Å²) in [7, 11) is 1.49. The number of carbonyl (C=O) groups is 2. The summed E-state index contributed by atoms with van der Waals surface area (Å²) in [5.41, 5.74) is -1.31. The minimum Gasteiger partial charge on any atom is -0.444 e. The lowest BCUT2D eigenvalue weighted by atomic mass is 9.85. The summed E-state index contributed by atoms with van der Waals surface area (Å²) in [6.07, 6.45) is 0.0799. The van der Waals surface area contributed by atoms with E-state index in [1.807, 2.05) is 0 Å². The highest BCUT2D eigenvalue weighted by atomic mass is 16.6. The quantitative estimate of drug-likeness (QED) is 0.761. The molecule has 17 heavy (non-hydrogen) atoms. The third-order valence-electron chi connectivity index (χ3n) is 2.44. The molecule has 0 heterocycles. The van der Waals surface area contributed by atoms with Crippen molar-refractivity contribution in [3.05, 3.63) is 0 Å². The highest BCUT2D eigenvalue weighted by molar-refractivity contribution is 5.74. The zero-order valence-corrected chi connectivity index (χ0v) is 11.5. The fraction of sp³-hybridized carbons (Fsp3) is 0.833. The molecule has 0 rings (SSSR count). The maximum absolute atomic E-state index is 11.8. The van der Waals surface area contributed by atoms with Gasteiger partial charge in [0.1, 0.15) is 11.9 Å². The van der Waals surface area contributed by atoms with E-state index in [-0.39, 0.29) is 6.61 Å². The molecule has 0 aromatic heterocycles. The number of ether oxygens (including phenoxy) is 1. The molecule has 0 aliphatic heterocycles. The third-order valence-corrected chi connectivity index (χ3v) is 2.44. The van der Waals surface area contributed by atoms with Crippen LogP contribution in [0.2, 0.25) is 0 Å². The Kier molecular flexibility index (Phi) is 5.13. The maximum atomic E-state index is 11.8. The Labute approximate surface area is 103 Å². The maximum Gasteiger partial charge on any atom is 0.410 e. The van der Waals surface area contributed by atoms with Crippen molar-refractivity contribution < 1.29 is 19.4 Å². The van der Waals surface area contributed by atoms with Crippen LogP contribution in [0.3, 0.4) is 0 Å². The fourth-order valence-electron chi connectivity index (χ4n) is 1.34. The minimum absolute atomic E-state index is 0.191. The Hall–Kier alpha value is -1.10. The van der Waals surface area contributed by atoms with Crippen LogP contribution in [0.5, 0.6) is 0 Å². The number of aliphatic hydroxyl groups excluding tert-OH is 1. The van der Waals surface area contributed by atoms with E-state index in [0.29, 0.717) is 6.29 Å². The van der Waals surface area contributed by atoms with Gasteiger partial charge in [0.25, 0.3) is 0 Å². The number of hydrogen-bond donors (Lipinski definition) is 1. The highest BCUT2D eigenvalue weighted by Gasteiger charge is 2.35. The van der Waals surface area contributed by atoms with Crippen molar-refractivity contribution in [1.82, 2.24) is 4.90 Å². The average Bonchev–Trinajstić information content (AvgIpc) is 2.15. The van der Waals surface area contributed by atoms with Crippen LogP contribution in [0.25, 0.3) is 0 Å². The first-order chi connectivity index (χ1) is 7.55. The Morgan fingerprint density at radius 2 is 1.82 bits per heavy atom. The van der Waals surface area contributed by atoms with Crippen LogP contribution in [0.4, 0.5) is 4.79 Å². The van der Waals surface area contributed by atoms with E-state index >= 15 is 0 Å². The molecule has 100 valence electrons. The van der Waals surface area contributed by atoms with E-state index in [1.54, 1.807) is 34.6 Å². The topological polar surface area (TPSA) is 66.8 Å². The van der Waals surface area contributed by atoms with Crippen LogP contribution in [0, 0.1) is 5.41 Å². The molecular formula is C12H23NO4. The molecule has 0 aromatic rings. The summed E-state index contributed by atoms with van der Waals surface area (Å²) in [6, 6.07) is -0.720. The van der Waals surface area contributed by atoms with Crippen LogP contribution < -0.4 is 0 Å². The van der Waals surface area contributed by atoms with Gasteiger partial charge in [-0.25, -0.2) is 4.79 Å². The van der Waals surface area contributed by atoms with Crippen molar-refractivity contribution in [3.8, 4) is 0 Å². The first-order valence-corrected chi connectivity index (χ1v) is 5.57. The first kappa shape index (κ1) is 15.9. The second-order valence-electron chi connectivity index (χ2n) is 5.82. The van der Waals surface area contributed by atoms with E-state index in [1.165, 1.54) is 11.9 Å². The molecule has 0 aliphatic rings. The van der Waals surface area contributed by atoms with Gasteiger partial charge in [-0.2, -0.15) is 0 Å². The monoisotopic (exact) mass is 245 g/mol. The number of amides is 1. The van der Waals surface area contributed by atoms with Gasteiger partial charge in [0, 0.05) is 12.5 Å². The molecule has 1 unspecified atom stereocenters. The van der Waals surface area contributed by atoms with Crippen molar-refractivity contribution in [1.29, 1.82) is 0 Å². The van der Waals surface area contributed by atoms with Gasteiger partial charge in [-0.1, -0.05) is 13.8 Å². The van der Waals surface area contributed by atoms with E-state index in [2.05, 4.69) is 0 Å². The number of aliphatic hydroxyl groups is 1. The molecule has 0 saturated carbocycles. The van der Waals surface area contributed by atoms with Crippen molar-refractivity contribution >= 4 is 12.4 Å². The second kappa shape index (κ2) is 5.49. The second-order valence-corrected chi connectivity index (χ2v) is 5.82. The molecule has 1 N–H and O–H groups in total. The number of hydrogen-bond acceptors (Lipinski definition) is 4. The zero-order chi connectivity index (χ0) is 13.9. The van der Waals surface area contributed by atoms with Gasteiger partial charge in [0.15, 0.2) is 0 Å². The van der Waals surface area contributed by atoms with Gasteiger partial charge in [0.2, 0.25) is 0 Å². The molecule has 1 amide bonds. The van der Waals surface area contributed by atoms with Crippen LogP contribution in [0.15, 0.2) is 0 Å². The molecule has 0 aliphatic carbocycles. The number of rotatable bonds is 4. The Morgan fingerprint density at radius 3 is 2.12 bits per heavy atom. The zero-order valence-electron chi connectivity index (χ0n) is 11.5. The smallest absolute Gasteiger partial charge is 0.410 e. The van der Waals surface area contributed by atoms with Gasteiger partial charge in [-0.15, -0.1) is 0 Å². The molecule has 5 heteroatoms. The molecule has 0 fully saturated rings. The molecule has 0 spiro atoms. The van der Waals surface area contributed by atoms with E-state index < -0.39 is 23.2 Å². The summed E-state index contributed by atoms with van der Waals surface area (Å²) in [5, 5.41) is 9.22. The predicted molar refractivity (Wildman–Crippen MR) is 64.7 cm³/mol. The summed E-state index contributed by atoms with van der Waals surface area (Å²) < 4.78 is 5.17. The lowest BCUT2D eigenvalue weighted by Crippen LogP contribution is -2.50. The lowest BCUT2D eigenvalue weighted by molar-refractivity contribution is -0.116. The summed E-state index contributed by atoms with van der Waals surface area (Å²) in [4.78, 5) is 24.1. The number of nitrogens with zero attached hydrogens (tertiary/aromatic N) is 1. The van der Waals surface area contributed by atoms with E-state index in [4.69, 9.17) is 4.74 Å². The van der Waals surface area contributed by atoms with Crippen LogP contribution >= 0.6 is 0 Å². The molecule has 1 atom stereocenters. The van der Waals surface area contributed by atoms with Crippen LogP contribution in [-0.2, 0) is 9.53 Å². The molecule has 0 bridgehead atoms. The number of carbonyl (C=O) groups excluding carboxylic acids is 2. The average molecular weight is 245 g/mol. The molecule has 0 saturated heterocycles. The molecular weight excluding hydrogens is 222 g/mol. The predicted octanol–water partition coefficient (Wildman–Crippen LogP) is 1.44. The number of likely N-dealkylation sites (N-methyl/N-ethyl adjacent to an activating group) is 1.